The van der Waals surface area contributed by atoms with E-state index in [1.165, 1.54) is 6.07 Å². The number of rotatable bonds is 3. The Kier molecular flexibility index (Phi) is 3.58. The highest BCUT2D eigenvalue weighted by atomic mass is 19.4. The van der Waals surface area contributed by atoms with Crippen molar-refractivity contribution in [3.05, 3.63) is 41.5 Å². The lowest BCUT2D eigenvalue weighted by Crippen LogP contribution is -2.24. The first-order chi connectivity index (χ1) is 10.4. The zero-order valence-electron chi connectivity index (χ0n) is 12.1. The van der Waals surface area contributed by atoms with Crippen LogP contribution in [0.15, 0.2) is 24.5 Å². The van der Waals surface area contributed by atoms with E-state index in [1.54, 1.807) is 24.0 Å². The smallest absolute Gasteiger partial charge is 0.399 e. The summed E-state index contributed by atoms with van der Waals surface area (Å²) < 4.78 is 40.9. The van der Waals surface area contributed by atoms with Gasteiger partial charge in [-0.1, -0.05) is 6.42 Å². The minimum absolute atomic E-state index is 0.122. The van der Waals surface area contributed by atoms with E-state index in [9.17, 15) is 13.2 Å². The minimum Gasteiger partial charge on any atom is -0.399 e. The molecule has 1 aromatic heterocycles. The second-order valence-electron chi connectivity index (χ2n) is 5.85. The Hall–Kier alpha value is -2.05. The zero-order chi connectivity index (χ0) is 15.9. The van der Waals surface area contributed by atoms with Gasteiger partial charge in [0.15, 0.2) is 0 Å². The van der Waals surface area contributed by atoms with E-state index in [1.807, 2.05) is 0 Å². The van der Waals surface area contributed by atoms with E-state index < -0.39 is 11.7 Å². The number of hydrogen-bond donors (Lipinski definition) is 1. The molecule has 0 saturated heterocycles. The highest BCUT2D eigenvalue weighted by Crippen LogP contribution is 2.44. The van der Waals surface area contributed by atoms with Gasteiger partial charge < -0.3 is 10.3 Å². The van der Waals surface area contributed by atoms with Crippen molar-refractivity contribution in [1.82, 2.24) is 14.8 Å². The van der Waals surface area contributed by atoms with Gasteiger partial charge in [-0.2, -0.15) is 13.2 Å². The summed E-state index contributed by atoms with van der Waals surface area (Å²) in [5.74, 6) is 0.764. The molecule has 1 aliphatic rings. The first-order valence-corrected chi connectivity index (χ1v) is 7.18. The Morgan fingerprint density at radius 2 is 2.00 bits per heavy atom. The predicted octanol–water partition coefficient (Wildman–Crippen LogP) is 3.35. The molecule has 0 spiro atoms. The second-order valence-corrected chi connectivity index (χ2v) is 5.85. The van der Waals surface area contributed by atoms with Crippen molar-refractivity contribution in [3.63, 3.8) is 0 Å². The predicted molar refractivity (Wildman–Crippen MR) is 76.0 cm³/mol. The Morgan fingerprint density at radius 3 is 2.50 bits per heavy atom. The Labute approximate surface area is 126 Å². The third kappa shape index (κ3) is 2.67. The molecule has 22 heavy (non-hydrogen) atoms. The Bertz CT molecular complexity index is 674. The van der Waals surface area contributed by atoms with Crippen molar-refractivity contribution in [2.75, 3.05) is 5.73 Å². The lowest BCUT2D eigenvalue weighted by atomic mass is 9.72. The number of aryl methyl sites for hydroxylation is 1. The van der Waals surface area contributed by atoms with Gasteiger partial charge in [0.05, 0.1) is 5.56 Å². The summed E-state index contributed by atoms with van der Waals surface area (Å²) in [7, 11) is 1.80. The molecular formula is C15H17F3N4. The molecule has 1 fully saturated rings. The fourth-order valence-electron chi connectivity index (χ4n) is 3.00. The average molecular weight is 310 g/mol. The van der Waals surface area contributed by atoms with Crippen molar-refractivity contribution < 1.29 is 13.2 Å². The van der Waals surface area contributed by atoms with E-state index >= 15 is 0 Å². The van der Waals surface area contributed by atoms with Crippen LogP contribution in [0.5, 0.6) is 0 Å². The van der Waals surface area contributed by atoms with E-state index in [2.05, 4.69) is 10.2 Å². The van der Waals surface area contributed by atoms with Crippen LogP contribution in [0.4, 0.5) is 18.9 Å². The molecule has 118 valence electrons. The van der Waals surface area contributed by atoms with Crippen LogP contribution < -0.4 is 5.73 Å². The summed E-state index contributed by atoms with van der Waals surface area (Å²) in [6.07, 6.45) is 0.209. The van der Waals surface area contributed by atoms with Crippen molar-refractivity contribution >= 4 is 5.69 Å². The van der Waals surface area contributed by atoms with Crippen LogP contribution in [0.2, 0.25) is 0 Å². The normalized spacial score (nSPS) is 17.3. The van der Waals surface area contributed by atoms with Crippen LogP contribution >= 0.6 is 0 Å². The lowest BCUT2D eigenvalue weighted by Gasteiger charge is -2.33. The standard InChI is InChI=1S/C15H17F3N4/c1-22-8-20-21-14(22)13(9-3-2-4-9)10-5-11(15(16,17)18)7-12(19)6-10/h5-9,13H,2-4,19H2,1H3. The van der Waals surface area contributed by atoms with Crippen LogP contribution in [-0.2, 0) is 13.2 Å². The number of hydrogen-bond acceptors (Lipinski definition) is 3. The summed E-state index contributed by atoms with van der Waals surface area (Å²) in [5, 5.41) is 7.97. The first-order valence-electron chi connectivity index (χ1n) is 7.18. The van der Waals surface area contributed by atoms with Gasteiger partial charge in [0.1, 0.15) is 12.2 Å². The molecule has 1 heterocycles. The number of alkyl halides is 3. The van der Waals surface area contributed by atoms with Crippen molar-refractivity contribution in [2.24, 2.45) is 13.0 Å². The highest BCUT2D eigenvalue weighted by molar-refractivity contribution is 5.48. The first kappa shape index (κ1) is 14.9. The number of anilines is 1. The number of nitrogens with zero attached hydrogens (tertiary/aromatic N) is 3. The molecule has 2 aromatic rings. The van der Waals surface area contributed by atoms with Crippen molar-refractivity contribution in [1.29, 1.82) is 0 Å². The van der Waals surface area contributed by atoms with Crippen LogP contribution in [0.1, 0.15) is 42.1 Å². The third-order valence-corrected chi connectivity index (χ3v) is 4.31. The number of nitrogen functional groups attached to an aromatic ring is 1. The lowest BCUT2D eigenvalue weighted by molar-refractivity contribution is -0.137. The van der Waals surface area contributed by atoms with Crippen LogP contribution in [0, 0.1) is 5.92 Å². The van der Waals surface area contributed by atoms with Gasteiger partial charge in [-0.3, -0.25) is 0 Å². The Balaban J connectivity index is 2.09. The zero-order valence-corrected chi connectivity index (χ0v) is 12.1. The van der Waals surface area contributed by atoms with E-state index in [0.717, 1.165) is 25.3 Å². The molecule has 4 nitrogen and oxygen atoms in total. The third-order valence-electron chi connectivity index (χ3n) is 4.31. The molecule has 2 N–H and O–H groups in total. The van der Waals surface area contributed by atoms with Gasteiger partial charge in [0, 0.05) is 18.7 Å². The summed E-state index contributed by atoms with van der Waals surface area (Å²) >= 11 is 0. The maximum Gasteiger partial charge on any atom is 0.416 e. The molecule has 0 radical (unpaired) electrons. The van der Waals surface area contributed by atoms with Gasteiger partial charge in [-0.05, 0) is 42.5 Å². The number of aromatic nitrogens is 3. The van der Waals surface area contributed by atoms with Crippen molar-refractivity contribution in [3.8, 4) is 0 Å². The van der Waals surface area contributed by atoms with Gasteiger partial charge in [0.25, 0.3) is 0 Å². The number of nitrogens with two attached hydrogens (primary N) is 1. The topological polar surface area (TPSA) is 56.7 Å². The van der Waals surface area contributed by atoms with Gasteiger partial charge in [-0.25, -0.2) is 0 Å². The second kappa shape index (κ2) is 5.30. The van der Waals surface area contributed by atoms with E-state index in [4.69, 9.17) is 5.73 Å². The molecule has 1 saturated carbocycles. The highest BCUT2D eigenvalue weighted by Gasteiger charge is 2.36. The molecule has 7 heteroatoms. The largest absolute Gasteiger partial charge is 0.416 e. The maximum absolute atomic E-state index is 13.0. The van der Waals surface area contributed by atoms with Gasteiger partial charge in [0.2, 0.25) is 0 Å². The molecular weight excluding hydrogens is 293 g/mol. The molecule has 0 bridgehead atoms. The minimum atomic E-state index is -4.41. The van der Waals surface area contributed by atoms with Crippen LogP contribution in [0.3, 0.4) is 0 Å². The molecule has 1 aliphatic carbocycles. The molecule has 1 atom stereocenters. The monoisotopic (exact) mass is 310 g/mol. The van der Waals surface area contributed by atoms with E-state index in [-0.39, 0.29) is 17.5 Å². The van der Waals surface area contributed by atoms with Crippen molar-refractivity contribution in [2.45, 2.75) is 31.4 Å². The fourth-order valence-corrected chi connectivity index (χ4v) is 3.00. The number of halogens is 3. The van der Waals surface area contributed by atoms with Crippen LogP contribution in [-0.4, -0.2) is 14.8 Å². The molecule has 1 unspecified atom stereocenters. The SMILES string of the molecule is Cn1cnnc1C(c1cc(N)cc(C(F)(F)F)c1)C1CCC1. The summed E-state index contributed by atoms with van der Waals surface area (Å²) in [6, 6.07) is 3.78. The van der Waals surface area contributed by atoms with Crippen LogP contribution in [0.25, 0.3) is 0 Å². The fraction of sp³-hybridized carbons (Fsp3) is 0.467. The maximum atomic E-state index is 13.0. The quantitative estimate of drug-likeness (QED) is 0.885. The Morgan fingerprint density at radius 1 is 1.27 bits per heavy atom. The summed E-state index contributed by atoms with van der Waals surface area (Å²) in [5.41, 5.74) is 5.67. The average Bonchev–Trinajstić information content (AvgIpc) is 2.77. The molecule has 0 amide bonds. The molecule has 0 aliphatic heterocycles. The molecule has 1 aromatic carbocycles. The van der Waals surface area contributed by atoms with Gasteiger partial charge >= 0.3 is 6.18 Å². The van der Waals surface area contributed by atoms with E-state index in [0.29, 0.717) is 11.4 Å². The molecule has 3 rings (SSSR count). The van der Waals surface area contributed by atoms with Gasteiger partial charge in [-0.15, -0.1) is 10.2 Å². The number of benzene rings is 1. The summed E-state index contributed by atoms with van der Waals surface area (Å²) in [6.45, 7) is 0. The summed E-state index contributed by atoms with van der Waals surface area (Å²) in [4.78, 5) is 0.